The zero-order chi connectivity index (χ0) is 37.8. The van der Waals surface area contributed by atoms with E-state index in [1.807, 2.05) is 75.0 Å². The minimum absolute atomic E-state index is 0.0643. The van der Waals surface area contributed by atoms with E-state index in [2.05, 4.69) is 26.0 Å². The number of benzene rings is 4. The SMILES string of the molecule is [2H]C([2H])([2H])c1cc(C2([2H])CCC(C)(C)CC2)cc(C([2H])([2H])[2H])c1-c1cc[n+](C)c(-c2c(C)c(C([2H])(C)C)cc3c2oc2c4ccccc4ccc32)c1. The Balaban J connectivity index is 1.53. The Labute approximate surface area is 274 Å². The van der Waals surface area contributed by atoms with Crippen LogP contribution in [0.5, 0.6) is 0 Å². The van der Waals surface area contributed by atoms with Crippen molar-refractivity contribution in [3.63, 3.8) is 0 Å². The van der Waals surface area contributed by atoms with Gasteiger partial charge in [0.25, 0.3) is 0 Å². The van der Waals surface area contributed by atoms with Gasteiger partial charge in [-0.25, -0.2) is 4.57 Å². The molecule has 7 rings (SSSR count). The summed E-state index contributed by atoms with van der Waals surface area (Å²) in [5, 5.41) is 3.82. The van der Waals surface area contributed by atoms with Gasteiger partial charge < -0.3 is 4.42 Å². The fourth-order valence-electron chi connectivity index (χ4n) is 7.21. The molecule has 0 bridgehead atoms. The molecule has 44 heavy (non-hydrogen) atoms. The van der Waals surface area contributed by atoms with Crippen molar-refractivity contribution in [1.29, 1.82) is 0 Å². The number of pyridine rings is 1. The monoisotopic (exact) mass is 588 g/mol. The molecule has 1 aliphatic carbocycles. The van der Waals surface area contributed by atoms with Crippen molar-refractivity contribution in [3.05, 3.63) is 101 Å². The number of nitrogens with zero attached hydrogens (tertiary/aromatic N) is 1. The van der Waals surface area contributed by atoms with E-state index in [-0.39, 0.29) is 22.1 Å². The number of aryl methyl sites for hydroxylation is 3. The molecule has 6 aromatic rings. The standard InChI is InChI=1S/C42H46NO/c1-25(2)35-24-36-34-14-13-30-11-9-10-12-33(30)40(34)44-41(36)39(28(35)5)37-23-31(17-20-43(37)8)38-26(3)21-32(22-27(38)4)29-15-18-42(6,7)19-16-29/h9-14,17,20-25,29H,15-16,18-19H2,1-8H3/q+1/i3D3,4D3,25D,29D. The lowest BCUT2D eigenvalue weighted by Crippen LogP contribution is -2.30. The van der Waals surface area contributed by atoms with E-state index in [4.69, 9.17) is 14.0 Å². The lowest BCUT2D eigenvalue weighted by Gasteiger charge is -2.35. The maximum atomic E-state index is 9.46. The van der Waals surface area contributed by atoms with Crippen LogP contribution in [-0.4, -0.2) is 0 Å². The van der Waals surface area contributed by atoms with Crippen molar-refractivity contribution in [1.82, 2.24) is 0 Å². The Hall–Kier alpha value is -3.91. The van der Waals surface area contributed by atoms with Crippen LogP contribution in [0.25, 0.3) is 55.1 Å². The van der Waals surface area contributed by atoms with Crippen LogP contribution < -0.4 is 4.57 Å². The molecule has 0 radical (unpaired) electrons. The van der Waals surface area contributed by atoms with Crippen LogP contribution in [0.2, 0.25) is 0 Å². The maximum Gasteiger partial charge on any atom is 0.216 e. The second kappa shape index (κ2) is 10.6. The first-order valence-corrected chi connectivity index (χ1v) is 15.7. The number of furan rings is 1. The third-order valence-electron chi connectivity index (χ3n) is 9.90. The van der Waals surface area contributed by atoms with Gasteiger partial charge in [-0.3, -0.25) is 0 Å². The number of fused-ring (bicyclic) bond motifs is 5. The molecule has 1 aliphatic rings. The average molecular weight is 589 g/mol. The molecule has 2 nitrogen and oxygen atoms in total. The van der Waals surface area contributed by atoms with Crippen molar-refractivity contribution in [2.24, 2.45) is 12.5 Å². The van der Waals surface area contributed by atoms with Crippen LogP contribution in [0.15, 0.2) is 77.3 Å². The van der Waals surface area contributed by atoms with Crippen molar-refractivity contribution >= 4 is 32.7 Å². The molecule has 2 heteroatoms. The summed E-state index contributed by atoms with van der Waals surface area (Å²) in [6, 6.07) is 21.0. The largest absolute Gasteiger partial charge is 0.454 e. The van der Waals surface area contributed by atoms with Gasteiger partial charge in [0, 0.05) is 39.3 Å². The molecule has 0 amide bonds. The Morgan fingerprint density at radius 3 is 2.32 bits per heavy atom. The van der Waals surface area contributed by atoms with E-state index in [0.717, 1.165) is 56.7 Å². The van der Waals surface area contributed by atoms with Gasteiger partial charge in [-0.2, -0.15) is 0 Å². The number of hydrogen-bond donors (Lipinski definition) is 0. The van der Waals surface area contributed by atoms with Crippen LogP contribution >= 0.6 is 0 Å². The molecule has 0 atom stereocenters. The fraction of sp³-hybridized carbons (Fsp3) is 0.357. The zero-order valence-corrected chi connectivity index (χ0v) is 26.6. The molecule has 2 aromatic heterocycles. The Bertz CT molecular complexity index is 2350. The highest BCUT2D eigenvalue weighted by atomic mass is 16.3. The van der Waals surface area contributed by atoms with Gasteiger partial charge in [-0.15, -0.1) is 0 Å². The molecule has 2 heterocycles. The van der Waals surface area contributed by atoms with Crippen molar-refractivity contribution in [2.75, 3.05) is 0 Å². The lowest BCUT2D eigenvalue weighted by atomic mass is 9.71. The summed E-state index contributed by atoms with van der Waals surface area (Å²) < 4.78 is 79.4. The van der Waals surface area contributed by atoms with Crippen molar-refractivity contribution < 1.29 is 20.0 Å². The molecule has 0 N–H and O–H groups in total. The highest BCUT2D eigenvalue weighted by Gasteiger charge is 2.29. The van der Waals surface area contributed by atoms with Gasteiger partial charge in [0.2, 0.25) is 5.69 Å². The van der Waals surface area contributed by atoms with Gasteiger partial charge in [-0.1, -0.05) is 70.2 Å². The summed E-state index contributed by atoms with van der Waals surface area (Å²) in [7, 11) is 1.90. The van der Waals surface area contributed by atoms with Crippen molar-refractivity contribution in [3.8, 4) is 22.4 Å². The third kappa shape index (κ3) is 4.74. The van der Waals surface area contributed by atoms with Crippen LogP contribution in [0.4, 0.5) is 0 Å². The summed E-state index contributed by atoms with van der Waals surface area (Å²) in [5.74, 6) is -2.04. The van der Waals surface area contributed by atoms with E-state index >= 15 is 0 Å². The van der Waals surface area contributed by atoms with Crippen LogP contribution in [0.3, 0.4) is 0 Å². The molecule has 224 valence electrons. The minimum atomic E-state index is -2.65. The fourth-order valence-corrected chi connectivity index (χ4v) is 7.21. The lowest BCUT2D eigenvalue weighted by molar-refractivity contribution is -0.660. The molecular weight excluding hydrogens is 534 g/mol. The predicted octanol–water partition coefficient (Wildman–Crippen LogP) is 11.6. The summed E-state index contributed by atoms with van der Waals surface area (Å²) in [6.45, 7) is 4.75. The Morgan fingerprint density at radius 2 is 1.61 bits per heavy atom. The van der Waals surface area contributed by atoms with E-state index in [0.29, 0.717) is 35.2 Å². The third-order valence-corrected chi connectivity index (χ3v) is 9.90. The summed E-state index contributed by atoms with van der Waals surface area (Å²) in [4.78, 5) is 0. The molecule has 0 saturated heterocycles. The van der Waals surface area contributed by atoms with Gasteiger partial charge in [-0.05, 0) is 120 Å². The number of aromatic nitrogens is 1. The van der Waals surface area contributed by atoms with Crippen LogP contribution in [0, 0.1) is 26.0 Å². The maximum absolute atomic E-state index is 9.46. The van der Waals surface area contributed by atoms with E-state index in [9.17, 15) is 1.37 Å². The summed E-state index contributed by atoms with van der Waals surface area (Å²) >= 11 is 0. The highest BCUT2D eigenvalue weighted by Crippen LogP contribution is 2.45. The minimum Gasteiger partial charge on any atom is -0.454 e. The molecular formula is C42H46NO+. The van der Waals surface area contributed by atoms with Crippen LogP contribution in [-0.2, 0) is 7.05 Å². The number of rotatable bonds is 4. The first kappa shape index (κ1) is 20.9. The van der Waals surface area contributed by atoms with E-state index in [1.54, 1.807) is 18.2 Å². The topological polar surface area (TPSA) is 17.0 Å². The zero-order valence-electron chi connectivity index (χ0n) is 34.6. The van der Waals surface area contributed by atoms with E-state index in [1.165, 1.54) is 0 Å². The average Bonchev–Trinajstić information content (AvgIpc) is 3.43. The van der Waals surface area contributed by atoms with Gasteiger partial charge in [0.1, 0.15) is 18.2 Å². The van der Waals surface area contributed by atoms with Gasteiger partial charge in [0.15, 0.2) is 6.20 Å². The first-order chi connectivity index (χ1) is 24.1. The molecule has 1 fully saturated rings. The van der Waals surface area contributed by atoms with Crippen molar-refractivity contribution in [2.45, 2.75) is 85.8 Å². The summed E-state index contributed by atoms with van der Waals surface area (Å²) in [5.41, 5.74) is 5.50. The second-order valence-corrected chi connectivity index (χ2v) is 13.7. The molecule has 4 aromatic carbocycles. The Kier molecular flexibility index (Phi) is 5.05. The smallest absolute Gasteiger partial charge is 0.216 e. The van der Waals surface area contributed by atoms with Gasteiger partial charge >= 0.3 is 0 Å². The van der Waals surface area contributed by atoms with Crippen LogP contribution in [0.1, 0.15) is 104 Å². The highest BCUT2D eigenvalue weighted by molar-refractivity contribution is 6.17. The second-order valence-electron chi connectivity index (χ2n) is 13.7. The number of hydrogen-bond acceptors (Lipinski definition) is 1. The van der Waals surface area contributed by atoms with Gasteiger partial charge in [0.05, 0.1) is 5.56 Å². The first-order valence-electron chi connectivity index (χ1n) is 19.7. The molecule has 1 saturated carbocycles. The quantitative estimate of drug-likeness (QED) is 0.187. The molecule has 0 aliphatic heterocycles. The predicted molar refractivity (Wildman–Crippen MR) is 187 cm³/mol. The van der Waals surface area contributed by atoms with E-state index < -0.39 is 25.5 Å². The molecule has 0 unspecified atom stereocenters. The molecule has 0 spiro atoms. The Morgan fingerprint density at radius 1 is 0.886 bits per heavy atom. The normalized spacial score (nSPS) is 19.9. The summed E-state index contributed by atoms with van der Waals surface area (Å²) in [6.07, 6.45) is 4.46.